The molecule has 2 aliphatic carbocycles. The molecule has 0 saturated heterocycles. The molecule has 5 heteroatoms. The van der Waals surface area contributed by atoms with Crippen molar-refractivity contribution in [1.29, 1.82) is 0 Å². The summed E-state index contributed by atoms with van der Waals surface area (Å²) in [5, 5.41) is 2.93. The van der Waals surface area contributed by atoms with Gasteiger partial charge in [0.15, 0.2) is 0 Å². The van der Waals surface area contributed by atoms with Gasteiger partial charge >= 0.3 is 5.97 Å². The molecule has 2 rings (SSSR count). The lowest BCUT2D eigenvalue weighted by Crippen LogP contribution is -2.51. The van der Waals surface area contributed by atoms with Crippen LogP contribution in [0.2, 0.25) is 0 Å². The molecule has 0 aromatic rings. The minimum absolute atomic E-state index is 0.0445. The molecule has 0 heterocycles. The lowest BCUT2D eigenvalue weighted by molar-refractivity contribution is -0.146. The number of nitrogens with one attached hydrogen (secondary N) is 1. The Morgan fingerprint density at radius 3 is 2.38 bits per heavy atom. The number of esters is 1. The highest BCUT2D eigenvalue weighted by Gasteiger charge is 2.32. The summed E-state index contributed by atoms with van der Waals surface area (Å²) in [4.78, 5) is 26.9. The van der Waals surface area contributed by atoms with Crippen molar-refractivity contribution in [2.75, 3.05) is 20.2 Å². The van der Waals surface area contributed by atoms with E-state index in [4.69, 9.17) is 4.74 Å². The van der Waals surface area contributed by atoms with Crippen molar-refractivity contribution in [1.82, 2.24) is 10.2 Å². The Kier molecular flexibility index (Phi) is 7.53. The largest absolute Gasteiger partial charge is 0.467 e. The minimum atomic E-state index is -0.540. The van der Waals surface area contributed by atoms with Crippen molar-refractivity contribution < 1.29 is 14.3 Å². The molecule has 2 fully saturated rings. The third kappa shape index (κ3) is 5.76. The standard InChI is InChI=1S/C19H34N2O3/c1-4-14(2)18(19(23)24-3)20-17(22)13-21(12-15-10-11-15)16-8-6-5-7-9-16/h14-16,18H,4-13H2,1-3H3,(H,20,22). The Morgan fingerprint density at radius 2 is 1.83 bits per heavy atom. The van der Waals surface area contributed by atoms with Crippen molar-refractivity contribution in [2.24, 2.45) is 11.8 Å². The molecule has 0 aromatic carbocycles. The summed E-state index contributed by atoms with van der Waals surface area (Å²) in [6.45, 7) is 5.44. The first kappa shape index (κ1) is 19.2. The van der Waals surface area contributed by atoms with E-state index in [0.717, 1.165) is 18.9 Å². The summed E-state index contributed by atoms with van der Waals surface area (Å²) >= 11 is 0. The molecule has 2 unspecified atom stereocenters. The molecule has 0 aliphatic heterocycles. The first-order valence-corrected chi connectivity index (χ1v) is 9.66. The Morgan fingerprint density at radius 1 is 1.17 bits per heavy atom. The fraction of sp³-hybridized carbons (Fsp3) is 0.895. The van der Waals surface area contributed by atoms with Gasteiger partial charge < -0.3 is 10.1 Å². The molecule has 1 amide bonds. The van der Waals surface area contributed by atoms with Gasteiger partial charge in [-0.3, -0.25) is 9.69 Å². The fourth-order valence-electron chi connectivity index (χ4n) is 3.62. The normalized spacial score (nSPS) is 21.3. The van der Waals surface area contributed by atoms with E-state index in [1.807, 2.05) is 13.8 Å². The average Bonchev–Trinajstić information content (AvgIpc) is 3.42. The predicted molar refractivity (Wildman–Crippen MR) is 94.6 cm³/mol. The first-order chi connectivity index (χ1) is 11.5. The topological polar surface area (TPSA) is 58.6 Å². The number of nitrogens with zero attached hydrogens (tertiary/aromatic N) is 1. The van der Waals surface area contributed by atoms with Crippen LogP contribution >= 0.6 is 0 Å². The van der Waals surface area contributed by atoms with Crippen LogP contribution in [0.3, 0.4) is 0 Å². The van der Waals surface area contributed by atoms with Gasteiger partial charge in [0.05, 0.1) is 13.7 Å². The van der Waals surface area contributed by atoms with Crippen molar-refractivity contribution in [3.05, 3.63) is 0 Å². The number of methoxy groups -OCH3 is 1. The smallest absolute Gasteiger partial charge is 0.328 e. The van der Waals surface area contributed by atoms with E-state index in [-0.39, 0.29) is 17.8 Å². The zero-order valence-electron chi connectivity index (χ0n) is 15.6. The summed E-state index contributed by atoms with van der Waals surface area (Å²) in [7, 11) is 1.38. The molecule has 0 radical (unpaired) electrons. The van der Waals surface area contributed by atoms with Crippen molar-refractivity contribution >= 4 is 11.9 Å². The van der Waals surface area contributed by atoms with Crippen LogP contribution in [0.15, 0.2) is 0 Å². The Hall–Kier alpha value is -1.10. The van der Waals surface area contributed by atoms with Crippen molar-refractivity contribution in [2.45, 2.75) is 77.3 Å². The average molecular weight is 338 g/mol. The predicted octanol–water partition coefficient (Wildman–Crippen LogP) is 2.74. The molecule has 1 N–H and O–H groups in total. The van der Waals surface area contributed by atoms with Crippen LogP contribution in [-0.4, -0.2) is 49.1 Å². The van der Waals surface area contributed by atoms with Crippen molar-refractivity contribution in [3.63, 3.8) is 0 Å². The van der Waals surface area contributed by atoms with Crippen LogP contribution in [0.1, 0.15) is 65.2 Å². The molecule has 2 aliphatic rings. The summed E-state index contributed by atoms with van der Waals surface area (Å²) < 4.78 is 4.86. The molecule has 138 valence electrons. The molecule has 2 saturated carbocycles. The number of rotatable bonds is 9. The van der Waals surface area contributed by atoms with Gasteiger partial charge in [-0.15, -0.1) is 0 Å². The summed E-state index contributed by atoms with van der Waals surface area (Å²) in [5.41, 5.74) is 0. The van der Waals surface area contributed by atoms with E-state index in [1.54, 1.807) is 0 Å². The first-order valence-electron chi connectivity index (χ1n) is 9.66. The fourth-order valence-corrected chi connectivity index (χ4v) is 3.62. The third-order valence-electron chi connectivity index (χ3n) is 5.61. The van der Waals surface area contributed by atoms with Gasteiger partial charge in [0.2, 0.25) is 5.91 Å². The SMILES string of the molecule is CCC(C)C(NC(=O)CN(CC1CC1)C1CCCCC1)C(=O)OC. The Labute approximate surface area is 146 Å². The van der Waals surface area contributed by atoms with E-state index >= 15 is 0 Å². The maximum absolute atomic E-state index is 12.6. The Balaban J connectivity index is 1.93. The second kappa shape index (κ2) is 9.40. The van der Waals surface area contributed by atoms with Gasteiger partial charge in [-0.05, 0) is 37.5 Å². The maximum Gasteiger partial charge on any atom is 0.328 e. The van der Waals surface area contributed by atoms with Gasteiger partial charge in [0.25, 0.3) is 0 Å². The van der Waals surface area contributed by atoms with E-state index in [0.29, 0.717) is 12.6 Å². The van der Waals surface area contributed by atoms with Gasteiger partial charge in [-0.1, -0.05) is 39.5 Å². The molecule has 0 aromatic heterocycles. The number of hydrogen-bond donors (Lipinski definition) is 1. The molecular weight excluding hydrogens is 304 g/mol. The Bertz CT molecular complexity index is 417. The number of carbonyl (C=O) groups excluding carboxylic acids is 2. The summed E-state index contributed by atoms with van der Waals surface area (Å²) in [6.07, 6.45) is 9.67. The van der Waals surface area contributed by atoms with Crippen LogP contribution in [0.25, 0.3) is 0 Å². The van der Waals surface area contributed by atoms with Gasteiger partial charge in [0, 0.05) is 12.6 Å². The van der Waals surface area contributed by atoms with Gasteiger partial charge in [-0.2, -0.15) is 0 Å². The van der Waals surface area contributed by atoms with Crippen LogP contribution in [0.5, 0.6) is 0 Å². The second-order valence-electron chi connectivity index (χ2n) is 7.62. The summed E-state index contributed by atoms with van der Waals surface area (Å²) in [6, 6.07) is -0.00749. The molecule has 0 spiro atoms. The van der Waals surface area contributed by atoms with E-state index < -0.39 is 6.04 Å². The highest BCUT2D eigenvalue weighted by molar-refractivity contribution is 5.85. The van der Waals surface area contributed by atoms with Crippen LogP contribution in [-0.2, 0) is 14.3 Å². The van der Waals surface area contributed by atoms with E-state index in [9.17, 15) is 9.59 Å². The maximum atomic E-state index is 12.6. The van der Waals surface area contributed by atoms with Crippen LogP contribution in [0, 0.1) is 11.8 Å². The van der Waals surface area contributed by atoms with E-state index in [1.165, 1.54) is 52.1 Å². The molecule has 2 atom stereocenters. The number of amides is 1. The van der Waals surface area contributed by atoms with Crippen molar-refractivity contribution in [3.8, 4) is 0 Å². The quantitative estimate of drug-likeness (QED) is 0.657. The molecule has 0 bridgehead atoms. The lowest BCUT2D eigenvalue weighted by Gasteiger charge is -2.34. The lowest BCUT2D eigenvalue weighted by atomic mass is 9.94. The van der Waals surface area contributed by atoms with Gasteiger partial charge in [0.1, 0.15) is 6.04 Å². The molecular formula is C19H34N2O3. The number of ether oxygens (including phenoxy) is 1. The van der Waals surface area contributed by atoms with Crippen LogP contribution < -0.4 is 5.32 Å². The third-order valence-corrected chi connectivity index (χ3v) is 5.61. The second-order valence-corrected chi connectivity index (χ2v) is 7.62. The zero-order valence-corrected chi connectivity index (χ0v) is 15.6. The zero-order chi connectivity index (χ0) is 17.5. The molecule has 5 nitrogen and oxygen atoms in total. The van der Waals surface area contributed by atoms with Gasteiger partial charge in [-0.25, -0.2) is 4.79 Å². The minimum Gasteiger partial charge on any atom is -0.467 e. The summed E-state index contributed by atoms with van der Waals surface area (Å²) in [5.74, 6) is 0.458. The van der Waals surface area contributed by atoms with E-state index in [2.05, 4.69) is 10.2 Å². The van der Waals surface area contributed by atoms with Crippen LogP contribution in [0.4, 0.5) is 0 Å². The highest BCUT2D eigenvalue weighted by atomic mass is 16.5. The molecule has 24 heavy (non-hydrogen) atoms. The highest BCUT2D eigenvalue weighted by Crippen LogP contribution is 2.32. The number of hydrogen-bond acceptors (Lipinski definition) is 4. The monoisotopic (exact) mass is 338 g/mol. The number of carbonyl (C=O) groups is 2.